The maximum Gasteiger partial charge on any atom is 0.122 e. The number of hydrogen-bond acceptors (Lipinski definition) is 1. The van der Waals surface area contributed by atoms with E-state index in [0.717, 1.165) is 16.5 Å². The van der Waals surface area contributed by atoms with Crippen molar-refractivity contribution in [2.24, 2.45) is 0 Å². The Labute approximate surface area is 110 Å². The second kappa shape index (κ2) is 5.69. The smallest absolute Gasteiger partial charge is 0.122 e. The predicted octanol–water partition coefficient (Wildman–Crippen LogP) is 4.41. The lowest BCUT2D eigenvalue weighted by molar-refractivity contribution is 0.474. The summed E-state index contributed by atoms with van der Waals surface area (Å²) in [5, 5.41) is 9.66. The van der Waals surface area contributed by atoms with Crippen molar-refractivity contribution < 1.29 is 5.11 Å². The van der Waals surface area contributed by atoms with Crippen LogP contribution in [0.15, 0.2) is 59.1 Å². The molecular weight excluding hydrogens is 276 g/mol. The van der Waals surface area contributed by atoms with Gasteiger partial charge in [0.15, 0.2) is 0 Å². The number of halogens is 1. The van der Waals surface area contributed by atoms with Crippen LogP contribution in [0.1, 0.15) is 11.1 Å². The summed E-state index contributed by atoms with van der Waals surface area (Å²) in [6, 6.07) is 15.6. The second-order valence-corrected chi connectivity index (χ2v) is 4.71. The van der Waals surface area contributed by atoms with Crippen molar-refractivity contribution in [2.45, 2.75) is 6.42 Å². The van der Waals surface area contributed by atoms with Crippen molar-refractivity contribution in [2.75, 3.05) is 0 Å². The van der Waals surface area contributed by atoms with E-state index in [1.165, 1.54) is 5.56 Å². The molecule has 1 N–H and O–H groups in total. The molecule has 0 spiro atoms. The number of rotatable bonds is 3. The number of benzene rings is 2. The molecule has 0 bridgehead atoms. The highest BCUT2D eigenvalue weighted by Crippen LogP contribution is 2.23. The van der Waals surface area contributed by atoms with E-state index in [0.29, 0.717) is 5.75 Å². The molecule has 2 aromatic rings. The first-order valence-electron chi connectivity index (χ1n) is 5.45. The van der Waals surface area contributed by atoms with Crippen LogP contribution < -0.4 is 0 Å². The molecule has 0 atom stereocenters. The molecule has 0 aliphatic heterocycles. The van der Waals surface area contributed by atoms with Crippen LogP contribution >= 0.6 is 15.9 Å². The summed E-state index contributed by atoms with van der Waals surface area (Å²) in [7, 11) is 0. The summed E-state index contributed by atoms with van der Waals surface area (Å²) in [5.74, 6) is 0.303. The Morgan fingerprint density at radius 2 is 1.82 bits per heavy atom. The van der Waals surface area contributed by atoms with E-state index in [4.69, 9.17) is 0 Å². The van der Waals surface area contributed by atoms with Crippen molar-refractivity contribution >= 4 is 22.0 Å². The van der Waals surface area contributed by atoms with Crippen molar-refractivity contribution in [3.63, 3.8) is 0 Å². The lowest BCUT2D eigenvalue weighted by Gasteiger charge is -2.00. The van der Waals surface area contributed by atoms with Crippen molar-refractivity contribution in [1.29, 1.82) is 0 Å². The van der Waals surface area contributed by atoms with Gasteiger partial charge in [-0.25, -0.2) is 0 Å². The van der Waals surface area contributed by atoms with Gasteiger partial charge in [-0.2, -0.15) is 0 Å². The van der Waals surface area contributed by atoms with Gasteiger partial charge >= 0.3 is 0 Å². The van der Waals surface area contributed by atoms with E-state index < -0.39 is 0 Å². The first-order chi connectivity index (χ1) is 8.25. The zero-order valence-electron chi connectivity index (χ0n) is 9.31. The summed E-state index contributed by atoms with van der Waals surface area (Å²) in [4.78, 5) is 0. The van der Waals surface area contributed by atoms with Crippen molar-refractivity contribution in [3.8, 4) is 5.75 Å². The van der Waals surface area contributed by atoms with E-state index in [1.807, 2.05) is 36.4 Å². The fourth-order valence-electron chi connectivity index (χ4n) is 1.59. The van der Waals surface area contributed by atoms with Crippen LogP contribution in [0.5, 0.6) is 5.75 Å². The molecule has 0 aromatic heterocycles. The number of phenols is 1. The maximum atomic E-state index is 9.66. The molecule has 0 amide bonds. The van der Waals surface area contributed by atoms with Gasteiger partial charge in [0.1, 0.15) is 5.75 Å². The molecule has 1 nitrogen and oxygen atoms in total. The lowest BCUT2D eigenvalue weighted by atomic mass is 10.1. The topological polar surface area (TPSA) is 20.2 Å². The molecule has 2 heteroatoms. The Morgan fingerprint density at radius 1 is 1.06 bits per heavy atom. The van der Waals surface area contributed by atoms with Crippen LogP contribution in [-0.4, -0.2) is 5.11 Å². The minimum atomic E-state index is 0.303. The molecule has 86 valence electrons. The van der Waals surface area contributed by atoms with Crippen LogP contribution in [0.2, 0.25) is 0 Å². The van der Waals surface area contributed by atoms with E-state index in [9.17, 15) is 5.11 Å². The zero-order chi connectivity index (χ0) is 12.1. The first kappa shape index (κ1) is 11.9. The van der Waals surface area contributed by atoms with E-state index in [-0.39, 0.29) is 0 Å². The summed E-state index contributed by atoms with van der Waals surface area (Å²) < 4.78 is 0.967. The SMILES string of the molecule is Oc1ccc(Br)cc1C=CCc1ccccc1. The summed E-state index contributed by atoms with van der Waals surface area (Å²) in [6.07, 6.45) is 4.86. The minimum Gasteiger partial charge on any atom is -0.507 e. The van der Waals surface area contributed by atoms with Crippen LogP contribution in [0, 0.1) is 0 Å². The Bertz CT molecular complexity index is 518. The monoisotopic (exact) mass is 288 g/mol. The fourth-order valence-corrected chi connectivity index (χ4v) is 1.97. The molecule has 2 aromatic carbocycles. The molecule has 0 fully saturated rings. The van der Waals surface area contributed by atoms with Gasteiger partial charge in [-0.1, -0.05) is 58.4 Å². The minimum absolute atomic E-state index is 0.303. The molecule has 0 radical (unpaired) electrons. The fraction of sp³-hybridized carbons (Fsp3) is 0.0667. The van der Waals surface area contributed by atoms with Crippen LogP contribution in [0.4, 0.5) is 0 Å². The van der Waals surface area contributed by atoms with Crippen LogP contribution in [0.3, 0.4) is 0 Å². The normalized spacial score (nSPS) is 10.9. The van der Waals surface area contributed by atoms with E-state index >= 15 is 0 Å². The van der Waals surface area contributed by atoms with Crippen LogP contribution in [-0.2, 0) is 6.42 Å². The van der Waals surface area contributed by atoms with E-state index in [2.05, 4.69) is 34.1 Å². The third kappa shape index (κ3) is 3.46. The average Bonchev–Trinajstić information content (AvgIpc) is 2.35. The predicted molar refractivity (Wildman–Crippen MR) is 75.0 cm³/mol. The highest BCUT2D eigenvalue weighted by molar-refractivity contribution is 9.10. The van der Waals surface area contributed by atoms with Gasteiger partial charge in [0.05, 0.1) is 0 Å². The molecule has 0 aliphatic rings. The summed E-state index contributed by atoms with van der Waals surface area (Å²) in [6.45, 7) is 0. The molecular formula is C15H13BrO. The number of hydrogen-bond donors (Lipinski definition) is 1. The molecule has 17 heavy (non-hydrogen) atoms. The molecule has 2 rings (SSSR count). The highest BCUT2D eigenvalue weighted by atomic mass is 79.9. The number of phenolic OH excluding ortho intramolecular Hbond substituents is 1. The Hall–Kier alpha value is -1.54. The van der Waals surface area contributed by atoms with Gasteiger partial charge in [0, 0.05) is 10.0 Å². The van der Waals surface area contributed by atoms with Gasteiger partial charge in [0.25, 0.3) is 0 Å². The highest BCUT2D eigenvalue weighted by Gasteiger charge is 1.97. The quantitative estimate of drug-likeness (QED) is 0.887. The van der Waals surface area contributed by atoms with Gasteiger partial charge in [-0.3, -0.25) is 0 Å². The third-order valence-corrected chi connectivity index (χ3v) is 2.98. The van der Waals surface area contributed by atoms with Gasteiger partial charge < -0.3 is 5.11 Å². The summed E-state index contributed by atoms with van der Waals surface area (Å²) in [5.41, 5.74) is 2.09. The Kier molecular flexibility index (Phi) is 3.99. The maximum absolute atomic E-state index is 9.66. The average molecular weight is 289 g/mol. The summed E-state index contributed by atoms with van der Waals surface area (Å²) >= 11 is 3.39. The van der Waals surface area contributed by atoms with Gasteiger partial charge in [-0.05, 0) is 30.2 Å². The molecule has 0 unspecified atom stereocenters. The molecule has 0 heterocycles. The van der Waals surface area contributed by atoms with Gasteiger partial charge in [-0.15, -0.1) is 0 Å². The first-order valence-corrected chi connectivity index (χ1v) is 6.24. The van der Waals surface area contributed by atoms with Crippen molar-refractivity contribution in [3.05, 3.63) is 70.2 Å². The molecule has 0 saturated carbocycles. The standard InChI is InChI=1S/C15H13BrO/c16-14-9-10-15(17)13(11-14)8-4-7-12-5-2-1-3-6-12/h1-6,8-11,17H,7H2. The second-order valence-electron chi connectivity index (χ2n) is 3.80. The number of allylic oxidation sites excluding steroid dienone is 1. The van der Waals surface area contributed by atoms with E-state index in [1.54, 1.807) is 6.07 Å². The zero-order valence-corrected chi connectivity index (χ0v) is 10.9. The largest absolute Gasteiger partial charge is 0.507 e. The third-order valence-electron chi connectivity index (χ3n) is 2.48. The molecule has 0 saturated heterocycles. The Morgan fingerprint density at radius 3 is 2.59 bits per heavy atom. The number of aromatic hydroxyl groups is 1. The van der Waals surface area contributed by atoms with Crippen LogP contribution in [0.25, 0.3) is 6.08 Å². The Balaban J connectivity index is 2.08. The van der Waals surface area contributed by atoms with Gasteiger partial charge in [0.2, 0.25) is 0 Å². The van der Waals surface area contributed by atoms with Crippen molar-refractivity contribution in [1.82, 2.24) is 0 Å². The molecule has 0 aliphatic carbocycles. The lowest BCUT2D eigenvalue weighted by Crippen LogP contribution is -1.79.